The number of pyridine rings is 1. The van der Waals surface area contributed by atoms with Crippen molar-refractivity contribution < 1.29 is 19.1 Å². The molecule has 2 amide bonds. The minimum absolute atomic E-state index is 0.0751. The van der Waals surface area contributed by atoms with Crippen LogP contribution in [0.15, 0.2) is 54.7 Å². The standard InChI is InChI=1S/C24H21N3O4/c1-14-19(15-3-2-4-16(9-15)22(25)28)11-18(12-26-14)27-23(29)24(7-8-24)17-5-6-20-21(10-17)31-13-30-20/h2-6,9-12H,7-8,13H2,1H3,(H2,25,28)(H,27,29). The highest BCUT2D eigenvalue weighted by Crippen LogP contribution is 2.51. The normalized spacial score (nSPS) is 15.4. The third-order valence-corrected chi connectivity index (χ3v) is 5.91. The van der Waals surface area contributed by atoms with E-state index in [2.05, 4.69) is 10.3 Å². The predicted molar refractivity (Wildman–Crippen MR) is 115 cm³/mol. The molecule has 2 heterocycles. The lowest BCUT2D eigenvalue weighted by Crippen LogP contribution is -2.27. The van der Waals surface area contributed by atoms with Crippen LogP contribution in [0, 0.1) is 6.92 Å². The molecule has 7 heteroatoms. The maximum Gasteiger partial charge on any atom is 0.248 e. The fraction of sp³-hybridized carbons (Fsp3) is 0.208. The van der Waals surface area contributed by atoms with Gasteiger partial charge in [-0.15, -0.1) is 0 Å². The Labute approximate surface area is 179 Å². The summed E-state index contributed by atoms with van der Waals surface area (Å²) in [6.07, 6.45) is 3.18. The summed E-state index contributed by atoms with van der Waals surface area (Å²) in [6.45, 7) is 2.08. The second-order valence-corrected chi connectivity index (χ2v) is 7.91. The van der Waals surface area contributed by atoms with Crippen molar-refractivity contribution in [1.82, 2.24) is 4.98 Å². The van der Waals surface area contributed by atoms with Crippen molar-refractivity contribution in [2.75, 3.05) is 12.1 Å². The number of nitrogens with zero attached hydrogens (tertiary/aromatic N) is 1. The molecule has 156 valence electrons. The van der Waals surface area contributed by atoms with Crippen molar-refractivity contribution in [2.45, 2.75) is 25.2 Å². The number of hydrogen-bond acceptors (Lipinski definition) is 5. The molecule has 0 bridgehead atoms. The van der Waals surface area contributed by atoms with E-state index in [1.54, 1.807) is 24.4 Å². The van der Waals surface area contributed by atoms with Crippen molar-refractivity contribution in [3.05, 3.63) is 71.5 Å². The van der Waals surface area contributed by atoms with Crippen molar-refractivity contribution in [1.29, 1.82) is 0 Å². The number of aromatic nitrogens is 1. The number of benzene rings is 2. The van der Waals surface area contributed by atoms with Crippen molar-refractivity contribution in [3.8, 4) is 22.6 Å². The van der Waals surface area contributed by atoms with Gasteiger partial charge in [-0.3, -0.25) is 14.6 Å². The van der Waals surface area contributed by atoms with Gasteiger partial charge in [0.25, 0.3) is 0 Å². The van der Waals surface area contributed by atoms with Gasteiger partial charge in [-0.2, -0.15) is 0 Å². The molecule has 31 heavy (non-hydrogen) atoms. The van der Waals surface area contributed by atoms with E-state index in [-0.39, 0.29) is 12.7 Å². The van der Waals surface area contributed by atoms with Gasteiger partial charge in [-0.25, -0.2) is 0 Å². The number of primary amides is 1. The number of nitrogens with one attached hydrogen (secondary N) is 1. The third-order valence-electron chi connectivity index (χ3n) is 5.91. The number of carbonyl (C=O) groups excluding carboxylic acids is 2. The van der Waals surface area contributed by atoms with Crippen molar-refractivity contribution >= 4 is 17.5 Å². The highest BCUT2D eigenvalue weighted by molar-refractivity contribution is 6.02. The molecule has 0 atom stereocenters. The Balaban J connectivity index is 1.42. The maximum atomic E-state index is 13.2. The Morgan fingerprint density at radius 1 is 1.06 bits per heavy atom. The molecule has 1 aliphatic carbocycles. The summed E-state index contributed by atoms with van der Waals surface area (Å²) >= 11 is 0. The number of hydrogen-bond donors (Lipinski definition) is 2. The van der Waals surface area contributed by atoms with Gasteiger partial charge in [-0.05, 0) is 61.2 Å². The first-order valence-electron chi connectivity index (χ1n) is 10.0. The summed E-state index contributed by atoms with van der Waals surface area (Å²) in [5, 5.41) is 3.02. The Hall–Kier alpha value is -3.87. The molecule has 3 aromatic rings. The van der Waals surface area contributed by atoms with Crippen LogP contribution in [0.2, 0.25) is 0 Å². The highest BCUT2D eigenvalue weighted by atomic mass is 16.7. The molecule has 1 saturated carbocycles. The van der Waals surface area contributed by atoms with E-state index in [4.69, 9.17) is 15.2 Å². The maximum absolute atomic E-state index is 13.2. The summed E-state index contributed by atoms with van der Waals surface area (Å²) < 4.78 is 10.8. The molecule has 1 aliphatic heterocycles. The number of aryl methyl sites for hydroxylation is 1. The summed E-state index contributed by atoms with van der Waals surface area (Å²) in [4.78, 5) is 29.2. The van der Waals surface area contributed by atoms with Crippen LogP contribution in [0.3, 0.4) is 0 Å². The van der Waals surface area contributed by atoms with E-state index < -0.39 is 11.3 Å². The molecular formula is C24H21N3O4. The zero-order chi connectivity index (χ0) is 21.6. The lowest BCUT2D eigenvalue weighted by Gasteiger charge is -2.17. The van der Waals surface area contributed by atoms with Gasteiger partial charge in [0.05, 0.1) is 17.3 Å². The molecule has 0 unspecified atom stereocenters. The number of carbonyl (C=O) groups is 2. The van der Waals surface area contributed by atoms with E-state index in [0.717, 1.165) is 35.2 Å². The molecule has 1 aromatic heterocycles. The summed E-state index contributed by atoms with van der Waals surface area (Å²) in [5.74, 6) is 0.806. The number of rotatable bonds is 5. The summed E-state index contributed by atoms with van der Waals surface area (Å²) in [7, 11) is 0. The van der Waals surface area contributed by atoms with Gasteiger partial charge in [0.15, 0.2) is 11.5 Å². The molecule has 5 rings (SSSR count). The SMILES string of the molecule is Cc1ncc(NC(=O)C2(c3ccc4c(c3)OCO4)CC2)cc1-c1cccc(C(N)=O)c1. The molecule has 2 aromatic carbocycles. The molecule has 0 radical (unpaired) electrons. The lowest BCUT2D eigenvalue weighted by molar-refractivity contribution is -0.118. The first-order chi connectivity index (χ1) is 15.0. The van der Waals surface area contributed by atoms with Crippen molar-refractivity contribution in [2.24, 2.45) is 5.73 Å². The molecule has 7 nitrogen and oxygen atoms in total. The topological polar surface area (TPSA) is 104 Å². The first-order valence-corrected chi connectivity index (χ1v) is 10.0. The molecule has 1 fully saturated rings. The summed E-state index contributed by atoms with van der Waals surface area (Å²) in [5.41, 5.74) is 9.21. The minimum atomic E-state index is -0.572. The van der Waals surface area contributed by atoms with E-state index >= 15 is 0 Å². The van der Waals surface area contributed by atoms with E-state index in [0.29, 0.717) is 22.7 Å². The predicted octanol–water partition coefficient (Wildman–Crippen LogP) is 3.55. The zero-order valence-electron chi connectivity index (χ0n) is 17.0. The lowest BCUT2D eigenvalue weighted by atomic mass is 9.94. The molecule has 3 N–H and O–H groups in total. The van der Waals surface area contributed by atoms with Crippen LogP contribution in [0.5, 0.6) is 11.5 Å². The molecule has 0 saturated heterocycles. The first kappa shape index (κ1) is 19.1. The van der Waals surface area contributed by atoms with Crippen LogP contribution in [0.25, 0.3) is 11.1 Å². The van der Waals surface area contributed by atoms with Gasteiger partial charge in [0, 0.05) is 16.8 Å². The Bertz CT molecular complexity index is 1220. The van der Waals surface area contributed by atoms with Gasteiger partial charge in [-0.1, -0.05) is 18.2 Å². The number of nitrogens with two attached hydrogens (primary N) is 1. The van der Waals surface area contributed by atoms with E-state index in [1.807, 2.05) is 37.3 Å². The number of fused-ring (bicyclic) bond motifs is 1. The van der Waals surface area contributed by atoms with Crippen LogP contribution in [-0.4, -0.2) is 23.6 Å². The fourth-order valence-electron chi connectivity index (χ4n) is 3.95. The van der Waals surface area contributed by atoms with Gasteiger partial charge >= 0.3 is 0 Å². The number of ether oxygens (including phenoxy) is 2. The molecular weight excluding hydrogens is 394 g/mol. The van der Waals surface area contributed by atoms with Gasteiger partial charge in [0.2, 0.25) is 18.6 Å². The zero-order valence-corrected chi connectivity index (χ0v) is 17.0. The quantitative estimate of drug-likeness (QED) is 0.663. The van der Waals surface area contributed by atoms with Gasteiger partial charge < -0.3 is 20.5 Å². The highest BCUT2D eigenvalue weighted by Gasteiger charge is 2.51. The fourth-order valence-corrected chi connectivity index (χ4v) is 3.95. The summed E-state index contributed by atoms with van der Waals surface area (Å²) in [6, 6.07) is 14.6. The Morgan fingerprint density at radius 2 is 1.87 bits per heavy atom. The minimum Gasteiger partial charge on any atom is -0.454 e. The Morgan fingerprint density at radius 3 is 2.65 bits per heavy atom. The smallest absolute Gasteiger partial charge is 0.248 e. The van der Waals surface area contributed by atoms with Crippen LogP contribution in [0.1, 0.15) is 34.5 Å². The van der Waals surface area contributed by atoms with Gasteiger partial charge in [0.1, 0.15) is 0 Å². The van der Waals surface area contributed by atoms with E-state index in [9.17, 15) is 9.59 Å². The average molecular weight is 415 g/mol. The largest absolute Gasteiger partial charge is 0.454 e. The van der Waals surface area contributed by atoms with E-state index in [1.165, 1.54) is 0 Å². The monoisotopic (exact) mass is 415 g/mol. The second-order valence-electron chi connectivity index (χ2n) is 7.91. The average Bonchev–Trinajstić information content (AvgIpc) is 3.46. The molecule has 0 spiro atoms. The van der Waals surface area contributed by atoms with Crippen LogP contribution in [-0.2, 0) is 10.2 Å². The van der Waals surface area contributed by atoms with Crippen molar-refractivity contribution in [3.63, 3.8) is 0 Å². The Kier molecular flexibility index (Phi) is 4.39. The van der Waals surface area contributed by atoms with Crippen LogP contribution < -0.4 is 20.5 Å². The molecule has 2 aliphatic rings. The third kappa shape index (κ3) is 3.38. The number of anilines is 1. The van der Waals surface area contributed by atoms with Crippen LogP contribution in [0.4, 0.5) is 5.69 Å². The number of amides is 2. The van der Waals surface area contributed by atoms with Crippen LogP contribution >= 0.6 is 0 Å². The second kappa shape index (κ2) is 7.12.